The van der Waals surface area contributed by atoms with Crippen molar-refractivity contribution in [3.8, 4) is 0 Å². The van der Waals surface area contributed by atoms with Gasteiger partial charge in [0.25, 0.3) is 7.82 Å². The van der Waals surface area contributed by atoms with Crippen LogP contribution in [0, 0.1) is 0 Å². The summed E-state index contributed by atoms with van der Waals surface area (Å²) in [6, 6.07) is 0. The monoisotopic (exact) mass is 812 g/mol. The van der Waals surface area contributed by atoms with Crippen LogP contribution in [0.3, 0.4) is 0 Å². The quantitative estimate of drug-likeness (QED) is 0.0278. The van der Waals surface area contributed by atoms with E-state index in [1.807, 2.05) is 0 Å². The zero-order valence-electron chi connectivity index (χ0n) is 36.2. The van der Waals surface area contributed by atoms with E-state index in [-0.39, 0.29) is 68.1 Å². The van der Waals surface area contributed by atoms with Crippen molar-refractivity contribution in [3.63, 3.8) is 0 Å². The molecule has 0 aliphatic carbocycles. The van der Waals surface area contributed by atoms with Gasteiger partial charge in [-0.1, -0.05) is 194 Å². The van der Waals surface area contributed by atoms with Gasteiger partial charge < -0.3 is 28.7 Å². The minimum absolute atomic E-state index is 0. The smallest absolute Gasteiger partial charge is 0.756 e. The normalized spacial score (nSPS) is 12.8. The second-order valence-electron chi connectivity index (χ2n) is 15.3. The summed E-state index contributed by atoms with van der Waals surface area (Å²) in [6.45, 7) is 4.70. The first-order valence-electron chi connectivity index (χ1n) is 22.4. The van der Waals surface area contributed by atoms with Gasteiger partial charge in [-0.3, -0.25) is 18.9 Å². The Morgan fingerprint density at radius 3 is 1.24 bits per heavy atom. The molecule has 0 radical (unpaired) electrons. The molecule has 12 heteroatoms. The summed E-state index contributed by atoms with van der Waals surface area (Å²) in [5, 5.41) is 2.44. The first-order chi connectivity index (χ1) is 26.2. The van der Waals surface area contributed by atoms with Gasteiger partial charge in [0.05, 0.1) is 13.2 Å². The number of hydrogen-bond acceptors (Lipinski definition) is 9. The molecule has 0 fully saturated rings. The van der Waals surface area contributed by atoms with Crippen molar-refractivity contribution < 1.29 is 71.9 Å². The van der Waals surface area contributed by atoms with Crippen LogP contribution in [0.25, 0.3) is 0 Å². The average molecular weight is 812 g/mol. The van der Waals surface area contributed by atoms with Crippen LogP contribution in [-0.4, -0.2) is 50.3 Å². The summed E-state index contributed by atoms with van der Waals surface area (Å²) in [4.78, 5) is 48.3. The number of rotatable bonds is 42. The summed E-state index contributed by atoms with van der Waals surface area (Å²) < 4.78 is 32.8. The summed E-state index contributed by atoms with van der Waals surface area (Å²) >= 11 is 0. The van der Waals surface area contributed by atoms with Gasteiger partial charge in [0.15, 0.2) is 6.10 Å². The van der Waals surface area contributed by atoms with Crippen molar-refractivity contribution in [2.24, 2.45) is 0 Å². The third-order valence-electron chi connectivity index (χ3n) is 9.84. The minimum Gasteiger partial charge on any atom is -0.756 e. The zero-order chi connectivity index (χ0) is 39.8. The number of phosphoric acid groups is 1. The number of esters is 2. The van der Waals surface area contributed by atoms with Crippen LogP contribution in [0.2, 0.25) is 0 Å². The largest absolute Gasteiger partial charge is 1.00 e. The molecule has 0 saturated heterocycles. The maximum Gasteiger partial charge on any atom is 1.00 e. The van der Waals surface area contributed by atoms with Crippen molar-refractivity contribution in [3.05, 3.63) is 0 Å². The van der Waals surface area contributed by atoms with Gasteiger partial charge in [0, 0.05) is 26.3 Å². The molecule has 0 aromatic carbocycles. The Balaban J connectivity index is 0. The van der Waals surface area contributed by atoms with Crippen LogP contribution < -0.4 is 39.8 Å². The zero-order valence-corrected chi connectivity index (χ0v) is 39.0. The van der Waals surface area contributed by atoms with Crippen LogP contribution in [0.5, 0.6) is 0 Å². The van der Waals surface area contributed by atoms with E-state index in [0.717, 1.165) is 38.5 Å². The number of unbranched alkanes of at least 4 members (excludes halogenated alkanes) is 28. The third-order valence-corrected chi connectivity index (χ3v) is 10.8. The molecule has 0 aliphatic heterocycles. The molecule has 0 bridgehead atoms. The molecule has 1 unspecified atom stereocenters. The van der Waals surface area contributed by atoms with Gasteiger partial charge in [-0.25, -0.2) is 0 Å². The van der Waals surface area contributed by atoms with Gasteiger partial charge in [0.2, 0.25) is 5.91 Å². The SMILES string of the molecule is CCCCCCCCCCCCCCCCCC(=O)OC[C@H](COP(=O)([O-])OCCNC(C)=O)OC(=O)CCCCCCCCCCCCCCCCC.[Na+]. The Kier molecular flexibility index (Phi) is 44.4. The summed E-state index contributed by atoms with van der Waals surface area (Å²) in [7, 11) is -4.73. The molecule has 0 heterocycles. The molecular weight excluding hydrogens is 728 g/mol. The second kappa shape index (κ2) is 43.1. The van der Waals surface area contributed by atoms with E-state index in [2.05, 4.69) is 19.2 Å². The van der Waals surface area contributed by atoms with E-state index in [9.17, 15) is 23.8 Å². The predicted molar refractivity (Wildman–Crippen MR) is 218 cm³/mol. The Hall–Kier alpha value is -0.480. The Bertz CT molecular complexity index is 927. The Morgan fingerprint density at radius 2 is 0.873 bits per heavy atom. The van der Waals surface area contributed by atoms with Gasteiger partial charge in [-0.2, -0.15) is 0 Å². The molecule has 2 atom stereocenters. The molecule has 1 N–H and O–H groups in total. The van der Waals surface area contributed by atoms with Crippen LogP contribution in [0.15, 0.2) is 0 Å². The summed E-state index contributed by atoms with van der Waals surface area (Å²) in [5.41, 5.74) is 0. The summed E-state index contributed by atoms with van der Waals surface area (Å²) in [5.74, 6) is -1.21. The van der Waals surface area contributed by atoms with Crippen LogP contribution >= 0.6 is 7.82 Å². The van der Waals surface area contributed by atoms with Gasteiger partial charge in [-0.05, 0) is 12.8 Å². The maximum absolute atomic E-state index is 12.6. The van der Waals surface area contributed by atoms with Crippen LogP contribution in [-0.2, 0) is 37.5 Å². The second-order valence-corrected chi connectivity index (χ2v) is 16.7. The molecule has 0 spiro atoms. The number of amides is 1. The van der Waals surface area contributed by atoms with E-state index in [4.69, 9.17) is 18.5 Å². The molecule has 1 amide bonds. The molecular formula is C43H83NNaO9P. The van der Waals surface area contributed by atoms with E-state index >= 15 is 0 Å². The Morgan fingerprint density at radius 1 is 0.527 bits per heavy atom. The van der Waals surface area contributed by atoms with Crippen molar-refractivity contribution in [2.45, 2.75) is 232 Å². The number of phosphoric ester groups is 1. The molecule has 0 aliphatic rings. The topological polar surface area (TPSA) is 140 Å². The molecule has 0 saturated carbocycles. The fourth-order valence-electron chi connectivity index (χ4n) is 6.50. The molecule has 0 rings (SSSR count). The van der Waals surface area contributed by atoms with Crippen molar-refractivity contribution in [1.29, 1.82) is 0 Å². The number of carbonyl (C=O) groups is 3. The van der Waals surface area contributed by atoms with E-state index < -0.39 is 32.5 Å². The fraction of sp³-hybridized carbons (Fsp3) is 0.930. The fourth-order valence-corrected chi connectivity index (χ4v) is 7.23. The molecule has 0 aromatic rings. The van der Waals surface area contributed by atoms with Gasteiger partial charge >= 0.3 is 41.5 Å². The maximum atomic E-state index is 12.6. The minimum atomic E-state index is -4.73. The molecule has 55 heavy (non-hydrogen) atoms. The molecule has 10 nitrogen and oxygen atoms in total. The Labute approximate surface area is 359 Å². The number of ether oxygens (including phenoxy) is 2. The van der Waals surface area contributed by atoms with Crippen molar-refractivity contribution in [2.75, 3.05) is 26.4 Å². The average Bonchev–Trinajstić information content (AvgIpc) is 3.14. The number of hydrogen-bond donors (Lipinski definition) is 1. The third kappa shape index (κ3) is 44.5. The van der Waals surface area contributed by atoms with Crippen LogP contribution in [0.1, 0.15) is 226 Å². The number of nitrogens with one attached hydrogen (secondary N) is 1. The van der Waals surface area contributed by atoms with Crippen molar-refractivity contribution in [1.82, 2.24) is 5.32 Å². The van der Waals surface area contributed by atoms with E-state index in [0.29, 0.717) is 6.42 Å². The van der Waals surface area contributed by atoms with E-state index in [1.54, 1.807) is 0 Å². The number of carbonyl (C=O) groups excluding carboxylic acids is 3. The van der Waals surface area contributed by atoms with Gasteiger partial charge in [-0.15, -0.1) is 0 Å². The summed E-state index contributed by atoms with van der Waals surface area (Å²) in [6.07, 6.45) is 36.3. The molecule has 320 valence electrons. The van der Waals surface area contributed by atoms with Crippen molar-refractivity contribution >= 4 is 25.7 Å². The molecule has 0 aromatic heterocycles. The standard InChI is InChI=1S/C43H84NO9P.Na/c1-4-6-8-10-12-14-16-18-20-22-24-26-28-30-32-34-42(46)50-38-41(39-52-54(48,49)51-37-36-44-40(3)45)53-43(47)35-33-31-29-27-25-23-21-19-17-15-13-11-9-7-5-2;/h41H,4-39H2,1-3H3,(H,44,45)(H,48,49);/q;+1/p-1/t41-;/m1./s1. The first kappa shape index (κ1) is 56.6. The van der Waals surface area contributed by atoms with E-state index in [1.165, 1.54) is 155 Å². The first-order valence-corrected chi connectivity index (χ1v) is 23.9. The predicted octanol–water partition coefficient (Wildman–Crippen LogP) is 8.61. The van der Waals surface area contributed by atoms with Gasteiger partial charge in [0.1, 0.15) is 6.61 Å². The van der Waals surface area contributed by atoms with Crippen LogP contribution in [0.4, 0.5) is 0 Å².